The van der Waals surface area contributed by atoms with Crippen LogP contribution in [0.2, 0.25) is 18.1 Å². The second kappa shape index (κ2) is 22.1. The van der Waals surface area contributed by atoms with Crippen LogP contribution in [0.5, 0.6) is 11.5 Å². The Bertz CT molecular complexity index is 2820. The topological polar surface area (TPSA) is 218 Å². The third-order valence-corrected chi connectivity index (χ3v) is 16.7. The van der Waals surface area contributed by atoms with Crippen LogP contribution < -0.4 is 32.0 Å². The third kappa shape index (κ3) is 12.4. The van der Waals surface area contributed by atoms with E-state index in [1.165, 1.54) is 29.4 Å². The molecule has 20 heteroatoms. The predicted molar refractivity (Wildman–Crippen MR) is 256 cm³/mol. The van der Waals surface area contributed by atoms with Crippen molar-refractivity contribution in [3.05, 3.63) is 174 Å². The molecule has 0 fully saturated rings. The minimum absolute atomic E-state index is 0.0221. The number of amides is 2. The molecule has 0 spiro atoms. The summed E-state index contributed by atoms with van der Waals surface area (Å²) in [5, 5.41) is 8.60. The highest BCUT2D eigenvalue weighted by molar-refractivity contribution is 6.74. The average molecular weight is 950 g/mol. The molecular weight excluding hydrogens is 891 g/mol. The fraction of sp³-hybridized carbons (Fsp3) is 0.375. The molecule has 0 atom stereocenters. The van der Waals surface area contributed by atoms with Gasteiger partial charge in [-0.05, 0) is 59.1 Å². The maximum atomic E-state index is 14.2. The maximum Gasteiger partial charge on any atom is 0.328 e. The van der Waals surface area contributed by atoms with Gasteiger partial charge in [-0.1, -0.05) is 80.6 Å². The van der Waals surface area contributed by atoms with Crippen molar-refractivity contribution in [2.24, 2.45) is 0 Å². The Labute approximate surface area is 394 Å². The fourth-order valence-electron chi connectivity index (χ4n) is 7.23. The molecule has 0 saturated heterocycles. The molecular formula is C48H59N9O10Si. The lowest BCUT2D eigenvalue weighted by molar-refractivity contribution is -0.134. The van der Waals surface area contributed by atoms with Crippen molar-refractivity contribution >= 4 is 20.1 Å². The van der Waals surface area contributed by atoms with Crippen LogP contribution in [0.25, 0.3) is 0 Å². The number of ether oxygens (including phenoxy) is 3. The number of aromatic amines is 2. The third-order valence-electron chi connectivity index (χ3n) is 12.1. The summed E-state index contributed by atoms with van der Waals surface area (Å²) < 4.78 is 28.2. The summed E-state index contributed by atoms with van der Waals surface area (Å²) >= 11 is 0. The molecule has 6 rings (SSSR count). The number of methoxy groups -OCH3 is 2. The highest BCUT2D eigenvalue weighted by Gasteiger charge is 2.39. The first-order valence-corrected chi connectivity index (χ1v) is 25.0. The van der Waals surface area contributed by atoms with Crippen LogP contribution in [-0.2, 0) is 50.5 Å². The molecule has 0 aliphatic carbocycles. The molecule has 0 bridgehead atoms. The molecule has 0 radical (unpaired) electrons. The Morgan fingerprint density at radius 2 is 1.16 bits per heavy atom. The standard InChI is InChI=1S/C48H59N9O10Si/c1-47(2,3)68(6,7)67-30-28-54(44(61)34-56-24-22-42(59)50-46(56)63)31-38-32-57(52-51-38)26-25-53(43(60)33-55-23-21-41(58)49-45(55)62)27-29-66-48(35-11-9-8-10-12-35,36-13-17-39(64-4)18-14-36)37-15-19-40(65-5)20-16-37/h8-24,32H,25-31,33-34H2,1-7H3,(H,49,58,62)(H,50,59,63). The number of rotatable bonds is 22. The molecule has 2 N–H and O–H groups in total. The van der Waals surface area contributed by atoms with Crippen LogP contribution in [0.1, 0.15) is 43.2 Å². The number of aromatic nitrogens is 7. The molecule has 0 aliphatic rings. The number of benzene rings is 3. The first-order valence-electron chi connectivity index (χ1n) is 22.1. The molecule has 3 aromatic heterocycles. The number of carbonyl (C=O) groups excluding carboxylic acids is 2. The van der Waals surface area contributed by atoms with E-state index in [2.05, 4.69) is 54.1 Å². The predicted octanol–water partition coefficient (Wildman–Crippen LogP) is 3.58. The number of H-pyrrole nitrogens is 2. The zero-order valence-corrected chi connectivity index (χ0v) is 40.5. The van der Waals surface area contributed by atoms with Crippen molar-refractivity contribution < 1.29 is 28.2 Å². The van der Waals surface area contributed by atoms with E-state index in [-0.39, 0.29) is 64.1 Å². The van der Waals surface area contributed by atoms with Crippen molar-refractivity contribution in [1.82, 2.24) is 43.9 Å². The molecule has 6 aromatic rings. The van der Waals surface area contributed by atoms with Crippen LogP contribution in [0, 0.1) is 0 Å². The Kier molecular flexibility index (Phi) is 16.3. The van der Waals surface area contributed by atoms with Crippen LogP contribution in [0.15, 0.2) is 129 Å². The van der Waals surface area contributed by atoms with Gasteiger partial charge in [-0.2, -0.15) is 0 Å². The SMILES string of the molecule is COc1ccc(C(OCCN(CCn2cc(CN(CCO[Si](C)(C)C(C)(C)C)C(=O)Cn3ccc(=O)[nH]c3=O)nn2)C(=O)Cn2ccc(=O)[nH]c2=O)(c2ccccc2)c2ccc(OC)cc2)cc1. The maximum absolute atomic E-state index is 14.2. The molecule has 3 aromatic carbocycles. The second-order valence-corrected chi connectivity index (χ2v) is 22.4. The largest absolute Gasteiger partial charge is 0.497 e. The van der Waals surface area contributed by atoms with Gasteiger partial charge in [0.25, 0.3) is 11.1 Å². The number of carbonyl (C=O) groups is 2. The van der Waals surface area contributed by atoms with E-state index < -0.39 is 48.2 Å². The molecule has 0 aliphatic heterocycles. The monoisotopic (exact) mass is 949 g/mol. The van der Waals surface area contributed by atoms with Gasteiger partial charge in [0, 0.05) is 44.2 Å². The molecule has 19 nitrogen and oxygen atoms in total. The summed E-state index contributed by atoms with van der Waals surface area (Å²) in [6.45, 7) is 10.7. The van der Waals surface area contributed by atoms with E-state index in [4.69, 9.17) is 18.6 Å². The normalized spacial score (nSPS) is 11.9. The molecule has 3 heterocycles. The number of nitrogens with zero attached hydrogens (tertiary/aromatic N) is 7. The van der Waals surface area contributed by atoms with E-state index in [1.807, 2.05) is 78.9 Å². The summed E-state index contributed by atoms with van der Waals surface area (Å²) in [6.07, 6.45) is 4.20. The summed E-state index contributed by atoms with van der Waals surface area (Å²) in [5.41, 5.74) is -0.916. The Balaban J connectivity index is 1.25. The minimum atomic E-state index is -2.18. The quantitative estimate of drug-likeness (QED) is 0.0738. The van der Waals surface area contributed by atoms with E-state index in [0.717, 1.165) is 25.8 Å². The summed E-state index contributed by atoms with van der Waals surface area (Å²) in [7, 11) is 1.02. The van der Waals surface area contributed by atoms with Crippen LogP contribution in [0.4, 0.5) is 0 Å². The Morgan fingerprint density at radius 1 is 0.662 bits per heavy atom. The summed E-state index contributed by atoms with van der Waals surface area (Å²) in [6, 6.07) is 27.2. The van der Waals surface area contributed by atoms with Crippen molar-refractivity contribution in [2.45, 2.75) is 70.7 Å². The van der Waals surface area contributed by atoms with Gasteiger partial charge in [0.05, 0.1) is 46.7 Å². The van der Waals surface area contributed by atoms with E-state index in [9.17, 15) is 28.8 Å². The van der Waals surface area contributed by atoms with Crippen LogP contribution in [0.3, 0.4) is 0 Å². The zero-order valence-electron chi connectivity index (χ0n) is 39.5. The van der Waals surface area contributed by atoms with E-state index >= 15 is 0 Å². The molecule has 360 valence electrons. The van der Waals surface area contributed by atoms with Gasteiger partial charge >= 0.3 is 11.4 Å². The molecule has 2 amide bonds. The number of nitrogens with one attached hydrogen (secondary N) is 2. The van der Waals surface area contributed by atoms with Gasteiger partial charge in [0.1, 0.15) is 35.9 Å². The van der Waals surface area contributed by atoms with Gasteiger partial charge in [0.2, 0.25) is 11.8 Å². The van der Waals surface area contributed by atoms with E-state index in [1.54, 1.807) is 30.0 Å². The van der Waals surface area contributed by atoms with Gasteiger partial charge in [-0.15, -0.1) is 5.10 Å². The highest BCUT2D eigenvalue weighted by Crippen LogP contribution is 2.42. The lowest BCUT2D eigenvalue weighted by atomic mass is 9.80. The van der Waals surface area contributed by atoms with Crippen molar-refractivity contribution in [2.75, 3.05) is 47.1 Å². The smallest absolute Gasteiger partial charge is 0.328 e. The molecule has 0 unspecified atom stereocenters. The van der Waals surface area contributed by atoms with Gasteiger partial charge < -0.3 is 28.4 Å². The summed E-state index contributed by atoms with van der Waals surface area (Å²) in [5.74, 6) is 0.484. The van der Waals surface area contributed by atoms with Gasteiger partial charge in [-0.3, -0.25) is 43.0 Å². The Morgan fingerprint density at radius 3 is 1.66 bits per heavy atom. The van der Waals surface area contributed by atoms with Crippen molar-refractivity contribution in [3.8, 4) is 11.5 Å². The lowest BCUT2D eigenvalue weighted by Crippen LogP contribution is -2.44. The van der Waals surface area contributed by atoms with Gasteiger partial charge in [-0.25, -0.2) is 9.59 Å². The first-order chi connectivity index (χ1) is 32.4. The lowest BCUT2D eigenvalue weighted by Gasteiger charge is -2.37. The average Bonchev–Trinajstić information content (AvgIpc) is 3.77. The minimum Gasteiger partial charge on any atom is -0.497 e. The van der Waals surface area contributed by atoms with Crippen molar-refractivity contribution in [3.63, 3.8) is 0 Å². The van der Waals surface area contributed by atoms with Gasteiger partial charge in [0.15, 0.2) is 8.32 Å². The second-order valence-electron chi connectivity index (χ2n) is 17.6. The molecule has 68 heavy (non-hydrogen) atoms. The first kappa shape index (κ1) is 50.3. The van der Waals surface area contributed by atoms with Crippen LogP contribution in [-0.4, -0.2) is 111 Å². The number of hydrogen-bond acceptors (Lipinski definition) is 12. The van der Waals surface area contributed by atoms with Crippen molar-refractivity contribution in [1.29, 1.82) is 0 Å². The number of hydrogen-bond donors (Lipinski definition) is 2. The fourth-order valence-corrected chi connectivity index (χ4v) is 8.27. The Hall–Kier alpha value is -7.16. The summed E-state index contributed by atoms with van der Waals surface area (Å²) in [4.78, 5) is 84.2. The van der Waals surface area contributed by atoms with E-state index in [0.29, 0.717) is 17.2 Å². The van der Waals surface area contributed by atoms with Crippen LogP contribution >= 0.6 is 0 Å². The highest BCUT2D eigenvalue weighted by atomic mass is 28.4. The molecule has 0 saturated carbocycles. The zero-order chi connectivity index (χ0) is 49.1.